The minimum atomic E-state index is -0.536. The van der Waals surface area contributed by atoms with E-state index in [2.05, 4.69) is 38.6 Å². The van der Waals surface area contributed by atoms with Gasteiger partial charge in [0.15, 0.2) is 6.72 Å². The Balaban J connectivity index is 0.000000166. The molecule has 0 unspecified atom stereocenters. The molecular formula is C92H78Br2NO11S2+. The van der Waals surface area contributed by atoms with Crippen molar-refractivity contribution >= 4 is 139 Å². The summed E-state index contributed by atoms with van der Waals surface area (Å²) < 4.78 is 12.7. The zero-order valence-electron chi connectivity index (χ0n) is 60.3. The van der Waals surface area contributed by atoms with Crippen LogP contribution in [0, 0.1) is 48.5 Å². The van der Waals surface area contributed by atoms with E-state index < -0.39 is 5.97 Å². The lowest BCUT2D eigenvalue weighted by molar-refractivity contribution is -0.706. The van der Waals surface area contributed by atoms with Crippen molar-refractivity contribution in [1.82, 2.24) is 0 Å². The standard InChI is InChI=1S/C24H21NO4.C24H22O3.C23H20O2S.C21H14Br2O2S/c1-16-13-19(14-17(2)23(16)26)12-11-18-7-6-8-20(15-18)24(27)29-22-10-5-4-9-21(22)25(3)28;1-16-7-11-22(12-8-16)27-24(26)21-6-4-5-19(15-21)9-10-20-13-17(2)23(25)18(3)14-20;1-16-13-19(14-17(2)22(16)24)12-11-18-7-6-8-20(15-18)23(25)26-21-9-4-3-5-10-21;22-18-12-15(13-19(23)20(18)24)10-9-14-5-4-6-16(11-14)21(25)26-17-7-2-1-3-8-17/h4-15H,3H2,1-2H3,(H-,26,28);4-15,25H,1-3H3;3-15,24H,1-2H3;1-13,24H/p+1/b12-11+;10-9+;12-11+;10-9+. The lowest BCUT2D eigenvalue weighted by Crippen LogP contribution is -2.10. The van der Waals surface area contributed by atoms with Gasteiger partial charge in [-0.05, 0) is 309 Å². The van der Waals surface area contributed by atoms with Gasteiger partial charge in [-0.25, -0.2) is 9.59 Å². The Morgan fingerprint density at radius 1 is 0.343 bits per heavy atom. The first-order chi connectivity index (χ1) is 51.8. The average Bonchev–Trinajstić information content (AvgIpc) is 0.854. The van der Waals surface area contributed by atoms with Gasteiger partial charge < -0.3 is 29.9 Å². The number of phenolic OH excluding ortho intramolecular Hbond substituents is 4. The molecule has 0 amide bonds. The quantitative estimate of drug-likeness (QED) is 0.00847. The topological polar surface area (TPSA) is 191 Å². The summed E-state index contributed by atoms with van der Waals surface area (Å²) in [6, 6.07) is 77.9. The zero-order chi connectivity index (χ0) is 77.4. The molecular weight excluding hydrogens is 1520 g/mol. The highest BCUT2D eigenvalue weighted by molar-refractivity contribution is 9.11. The highest BCUT2D eigenvalue weighted by Crippen LogP contribution is 2.35. The van der Waals surface area contributed by atoms with E-state index in [4.69, 9.17) is 9.47 Å². The number of hydrogen-bond donors (Lipinski definition) is 5. The summed E-state index contributed by atoms with van der Waals surface area (Å²) in [5.74, 6) is 0.966. The van der Waals surface area contributed by atoms with Gasteiger partial charge in [0.25, 0.3) is 5.69 Å². The maximum atomic E-state index is 12.5. The molecule has 0 aliphatic heterocycles. The Morgan fingerprint density at radius 2 is 0.648 bits per heavy atom. The van der Waals surface area contributed by atoms with Crippen LogP contribution in [0.15, 0.2) is 274 Å². The van der Waals surface area contributed by atoms with Gasteiger partial charge in [0.2, 0.25) is 16.0 Å². The van der Waals surface area contributed by atoms with E-state index in [-0.39, 0.29) is 33.4 Å². The molecule has 0 radical (unpaired) electrons. The molecule has 0 spiro atoms. The summed E-state index contributed by atoms with van der Waals surface area (Å²) in [7, 11) is 0. The molecule has 108 heavy (non-hydrogen) atoms. The number of ether oxygens (including phenoxy) is 2. The Hall–Kier alpha value is -11.8. The number of nitrogens with zero attached hydrogens (tertiary/aromatic N) is 1. The molecule has 0 aliphatic carbocycles. The molecule has 12 nitrogen and oxygen atoms in total. The maximum Gasteiger partial charge on any atom is 0.343 e. The van der Waals surface area contributed by atoms with Gasteiger partial charge in [-0.1, -0.05) is 175 Å². The smallest absolute Gasteiger partial charge is 0.343 e. The van der Waals surface area contributed by atoms with Gasteiger partial charge in [0.1, 0.15) is 28.7 Å². The van der Waals surface area contributed by atoms with Crippen molar-refractivity contribution in [3.63, 3.8) is 0 Å². The highest BCUT2D eigenvalue weighted by Gasteiger charge is 2.19. The van der Waals surface area contributed by atoms with E-state index >= 15 is 0 Å². The largest absolute Gasteiger partial charge is 0.507 e. The molecule has 542 valence electrons. The van der Waals surface area contributed by atoms with Crippen LogP contribution in [0.1, 0.15) is 125 Å². The number of benzene rings is 12. The molecule has 0 aliphatic rings. The summed E-state index contributed by atoms with van der Waals surface area (Å²) in [6.45, 7) is 16.6. The number of carbonyl (C=O) groups excluding carboxylic acids is 4. The van der Waals surface area contributed by atoms with E-state index in [0.29, 0.717) is 58.9 Å². The van der Waals surface area contributed by atoms with Crippen LogP contribution in [-0.2, 0) is 0 Å². The van der Waals surface area contributed by atoms with Crippen LogP contribution >= 0.6 is 55.4 Å². The molecule has 0 heterocycles. The third kappa shape index (κ3) is 23.9. The predicted octanol–water partition coefficient (Wildman–Crippen LogP) is 24.0. The van der Waals surface area contributed by atoms with E-state index in [1.165, 1.54) is 23.5 Å². The molecule has 0 aromatic heterocycles. The van der Waals surface area contributed by atoms with Gasteiger partial charge in [0, 0.05) is 31.7 Å². The normalized spacial score (nSPS) is 10.9. The molecule has 12 rings (SSSR count). The number of esters is 2. The third-order valence-electron chi connectivity index (χ3n) is 16.4. The zero-order valence-corrected chi connectivity index (χ0v) is 65.1. The van der Waals surface area contributed by atoms with Crippen molar-refractivity contribution in [2.24, 2.45) is 0 Å². The molecule has 0 saturated carbocycles. The van der Waals surface area contributed by atoms with Crippen molar-refractivity contribution < 1.29 is 59.0 Å². The van der Waals surface area contributed by atoms with Gasteiger partial charge >= 0.3 is 11.9 Å². The summed E-state index contributed by atoms with van der Waals surface area (Å²) in [6.07, 6.45) is 15.6. The number of aryl methyl sites for hydroxylation is 7. The van der Waals surface area contributed by atoms with Gasteiger partial charge in [-0.15, -0.1) is 0 Å². The third-order valence-corrected chi connectivity index (χ3v) is 19.5. The molecule has 12 aromatic rings. The molecule has 0 bridgehead atoms. The first-order valence-corrected chi connectivity index (χ1v) is 37.2. The second-order valence-corrected chi connectivity index (χ2v) is 28.8. The number of thioether (sulfide) groups is 2. The Labute approximate surface area is 655 Å². The summed E-state index contributed by atoms with van der Waals surface area (Å²) in [5, 5.41) is 49.0. The van der Waals surface area contributed by atoms with Gasteiger partial charge in [-0.2, -0.15) is 0 Å². The van der Waals surface area contributed by atoms with Crippen LogP contribution in [0.4, 0.5) is 5.69 Å². The number of phenols is 4. The highest BCUT2D eigenvalue weighted by atomic mass is 79.9. The number of rotatable bonds is 17. The second-order valence-electron chi connectivity index (χ2n) is 25.0. The minimum Gasteiger partial charge on any atom is -0.507 e. The van der Waals surface area contributed by atoms with E-state index in [0.717, 1.165) is 93.2 Å². The number of hydrogen-bond acceptors (Lipinski definition) is 13. The van der Waals surface area contributed by atoms with E-state index in [1.54, 1.807) is 66.7 Å². The van der Waals surface area contributed by atoms with E-state index in [9.17, 15) is 44.8 Å². The summed E-state index contributed by atoms with van der Waals surface area (Å²) in [5.41, 5.74) is 16.2. The van der Waals surface area contributed by atoms with Crippen LogP contribution in [0.25, 0.3) is 48.6 Å². The number of carbonyl (C=O) groups is 4. The van der Waals surface area contributed by atoms with E-state index in [1.807, 2.05) is 285 Å². The average molecular weight is 1600 g/mol. The Bertz CT molecular complexity index is 5130. The fraction of sp³-hybridized carbons (Fsp3) is 0.0761. The SMILES string of the molecule is C=[N+](O)c1ccccc1OC(=O)c1cccc(/C=C/c2cc(C)c(O)c(C)c2)c1.Cc1cc(/C=C/c2cccc(C(=O)Sc3ccccc3)c2)cc(C)c1O.Cc1ccc(OC(=O)c2cccc(/C=C/c3cc(C)c(O)c(C)c3)c2)cc1.O=C(Sc1ccccc1)c1cccc(/C=C/c2cc(Br)c(O)c(Br)c2)c1. The Kier molecular flexibility index (Phi) is 29.0. The lowest BCUT2D eigenvalue weighted by Gasteiger charge is -2.06. The summed E-state index contributed by atoms with van der Waals surface area (Å²) in [4.78, 5) is 51.7. The fourth-order valence-electron chi connectivity index (χ4n) is 10.8. The van der Waals surface area contributed by atoms with Crippen molar-refractivity contribution in [3.05, 3.63) is 369 Å². The monoisotopic (exact) mass is 1590 g/mol. The van der Waals surface area contributed by atoms with Crippen molar-refractivity contribution in [3.8, 4) is 34.5 Å². The molecule has 16 heteroatoms. The molecule has 0 fully saturated rings. The van der Waals surface area contributed by atoms with Crippen LogP contribution in [0.2, 0.25) is 0 Å². The fourth-order valence-corrected chi connectivity index (χ4v) is 13.5. The minimum absolute atomic E-state index is 0.0153. The first-order valence-electron chi connectivity index (χ1n) is 34.0. The van der Waals surface area contributed by atoms with Gasteiger partial charge in [-0.3, -0.25) is 14.8 Å². The van der Waals surface area contributed by atoms with Crippen molar-refractivity contribution in [2.75, 3.05) is 0 Å². The van der Waals surface area contributed by atoms with Crippen LogP contribution < -0.4 is 9.47 Å². The van der Waals surface area contributed by atoms with Crippen molar-refractivity contribution in [2.45, 2.75) is 58.3 Å². The second kappa shape index (κ2) is 39.0. The number of halogens is 2. The predicted molar refractivity (Wildman–Crippen MR) is 447 cm³/mol. The van der Waals surface area contributed by atoms with Gasteiger partial charge in [0.05, 0.1) is 20.1 Å². The van der Waals surface area contributed by atoms with Crippen LogP contribution in [-0.4, -0.2) is 59.3 Å². The molecule has 0 saturated heterocycles. The molecule has 12 aromatic carbocycles. The lowest BCUT2D eigenvalue weighted by atomic mass is 10.0. The number of para-hydroxylation sites is 2. The Morgan fingerprint density at radius 3 is 1.01 bits per heavy atom. The molecule has 5 N–H and O–H groups in total. The first kappa shape index (κ1) is 80.3. The molecule has 0 atom stereocenters. The maximum absolute atomic E-state index is 12.5. The van der Waals surface area contributed by atoms with Crippen LogP contribution in [0.3, 0.4) is 0 Å². The number of aromatic hydroxyl groups is 4. The van der Waals surface area contributed by atoms with Crippen molar-refractivity contribution in [1.29, 1.82) is 0 Å². The summed E-state index contributed by atoms with van der Waals surface area (Å²) >= 11 is 9.10. The van der Waals surface area contributed by atoms with Crippen LogP contribution in [0.5, 0.6) is 34.5 Å².